The summed E-state index contributed by atoms with van der Waals surface area (Å²) in [6.07, 6.45) is 0. The van der Waals surface area contributed by atoms with E-state index in [1.165, 1.54) is 0 Å². The summed E-state index contributed by atoms with van der Waals surface area (Å²) in [7, 11) is 0. The molecule has 0 rings (SSSR count). The molecule has 28 valence electrons. The number of nitrogens with zero attached hydrogens (tertiary/aromatic N) is 1. The summed E-state index contributed by atoms with van der Waals surface area (Å²) in [6.45, 7) is 4.03. The molecule has 0 aliphatic carbocycles. The Bertz CT molecular complexity index is 15.5. The molecule has 0 aliphatic rings. The molecule has 0 aromatic rings. The molecule has 0 aromatic heterocycles. The van der Waals surface area contributed by atoms with Crippen LogP contribution in [-0.2, 0) is 17.1 Å². The zero-order valence-corrected chi connectivity index (χ0v) is 2.71. The summed E-state index contributed by atoms with van der Waals surface area (Å²) < 4.78 is 0. The van der Waals surface area contributed by atoms with Gasteiger partial charge in [0, 0.05) is 0 Å². The van der Waals surface area contributed by atoms with Crippen LogP contribution < -0.4 is 0 Å². The zero-order chi connectivity index (χ0) is 2.71. The van der Waals surface area contributed by atoms with Gasteiger partial charge in [-0.1, -0.05) is 0 Å². The molecule has 0 radical (unpaired) electrons. The monoisotopic (exact) mass is 107 g/mol. The van der Waals surface area contributed by atoms with Crippen LogP contribution >= 0.6 is 0 Å². The van der Waals surface area contributed by atoms with Gasteiger partial charge in [-0.05, 0) is 0 Å². The van der Waals surface area contributed by atoms with E-state index in [-0.39, 0.29) is 17.1 Å². The fraction of sp³-hybridized carbons (Fsp3) is 0. The third-order valence-electron chi connectivity index (χ3n) is 0. The van der Waals surface area contributed by atoms with Gasteiger partial charge in [0.2, 0.25) is 0 Å². The minimum atomic E-state index is 0. The van der Waals surface area contributed by atoms with Gasteiger partial charge >= 0.3 is 17.1 Å². The van der Waals surface area contributed by atoms with Crippen molar-refractivity contribution in [1.29, 1.82) is 0 Å². The van der Waals surface area contributed by atoms with Crippen molar-refractivity contribution in [1.82, 2.24) is 0 Å². The first kappa shape index (κ1) is 9.01. The first-order valence-electron chi connectivity index (χ1n) is 0.458. The molecule has 0 spiro atoms. The van der Waals surface area contributed by atoms with E-state index in [0.717, 1.165) is 0 Å². The van der Waals surface area contributed by atoms with Gasteiger partial charge in [-0.3, -0.25) is 0 Å². The van der Waals surface area contributed by atoms with Gasteiger partial charge in [-0.25, -0.2) is 0 Å². The van der Waals surface area contributed by atoms with Crippen molar-refractivity contribution in [2.45, 2.75) is 0 Å². The van der Waals surface area contributed by atoms with E-state index in [9.17, 15) is 0 Å². The second kappa shape index (κ2) is 12.1. The predicted octanol–water partition coefficient (Wildman–Crippen LogP) is -0.0493. The molecular formula is CH2CuNO. The van der Waals surface area contributed by atoms with Gasteiger partial charge in [0.05, 0.1) is 0 Å². The van der Waals surface area contributed by atoms with Crippen molar-refractivity contribution in [2.75, 3.05) is 0 Å². The molecule has 1 N–H and O–H groups in total. The van der Waals surface area contributed by atoms with Crippen LogP contribution in [0.25, 0.3) is 0 Å². The standard InChI is InChI=1S/CH2NO.Cu/c1-2-3;/h1,3H;/q-1;+1. The minimum absolute atomic E-state index is 0. The van der Waals surface area contributed by atoms with Gasteiger partial charge < -0.3 is 17.1 Å². The molecule has 3 heteroatoms. The van der Waals surface area contributed by atoms with Crippen molar-refractivity contribution in [3.63, 3.8) is 0 Å². The zero-order valence-electron chi connectivity index (χ0n) is 1.77. The molecule has 0 aliphatic heterocycles. The van der Waals surface area contributed by atoms with Crippen LogP contribution in [0.2, 0.25) is 0 Å². The van der Waals surface area contributed by atoms with E-state index in [1.807, 2.05) is 5.16 Å². The Morgan fingerprint density at radius 1 is 1.75 bits per heavy atom. The molecule has 0 heterocycles. The van der Waals surface area contributed by atoms with Gasteiger partial charge in [-0.15, -0.1) is 0 Å². The topological polar surface area (TPSA) is 32.6 Å². The van der Waals surface area contributed by atoms with Crippen LogP contribution in [-0.4, -0.2) is 11.9 Å². The fourth-order valence-corrected chi connectivity index (χ4v) is 0. The summed E-state index contributed by atoms with van der Waals surface area (Å²) in [4.78, 5) is 0. The van der Waals surface area contributed by atoms with Crippen molar-refractivity contribution in [2.24, 2.45) is 5.16 Å². The number of rotatable bonds is 0. The van der Waals surface area contributed by atoms with Gasteiger partial charge in [0.25, 0.3) is 0 Å². The summed E-state index contributed by atoms with van der Waals surface area (Å²) in [5, 5.41) is 8.97. The smallest absolute Gasteiger partial charge is 0.448 e. The average Bonchev–Trinajstić information content (AvgIpc) is 0.918. The van der Waals surface area contributed by atoms with Gasteiger partial charge in [0.15, 0.2) is 0 Å². The number of hydrogen-bond donors (Lipinski definition) is 1. The second-order valence-corrected chi connectivity index (χ2v) is 0.115. The quantitative estimate of drug-likeness (QED) is 0.152. The third-order valence-corrected chi connectivity index (χ3v) is 0. The SMILES string of the molecule is [CH-]=NO.[Cu+]. The third kappa shape index (κ3) is 17600. The van der Waals surface area contributed by atoms with Crippen LogP contribution in [0.5, 0.6) is 0 Å². The van der Waals surface area contributed by atoms with Crippen LogP contribution in [0.15, 0.2) is 5.16 Å². The molecule has 0 bridgehead atoms. The Hall–Kier alpha value is -0.0105. The fourth-order valence-electron chi connectivity index (χ4n) is 0. The molecule has 4 heavy (non-hydrogen) atoms. The normalized spacial score (nSPS) is 3.00. The van der Waals surface area contributed by atoms with Gasteiger partial charge in [0.1, 0.15) is 0 Å². The maximum Gasteiger partial charge on any atom is 1.00 e. The molecule has 0 amide bonds. The molecule has 0 unspecified atom stereocenters. The molecule has 0 aromatic carbocycles. The van der Waals surface area contributed by atoms with Crippen LogP contribution in [0.1, 0.15) is 0 Å². The summed E-state index contributed by atoms with van der Waals surface area (Å²) in [5.41, 5.74) is 0. The van der Waals surface area contributed by atoms with E-state index in [1.54, 1.807) is 0 Å². The summed E-state index contributed by atoms with van der Waals surface area (Å²) in [5.74, 6) is 0. The molecule has 0 saturated carbocycles. The van der Waals surface area contributed by atoms with Crippen molar-refractivity contribution in [3.8, 4) is 0 Å². The Morgan fingerprint density at radius 2 is 1.75 bits per heavy atom. The Balaban J connectivity index is 0. The predicted molar refractivity (Wildman–Crippen MR) is 10.3 cm³/mol. The Morgan fingerprint density at radius 3 is 1.75 bits per heavy atom. The molecule has 0 saturated heterocycles. The van der Waals surface area contributed by atoms with E-state index in [0.29, 0.717) is 0 Å². The number of hydrogen-bond acceptors (Lipinski definition) is 2. The van der Waals surface area contributed by atoms with E-state index in [2.05, 4.69) is 6.72 Å². The average molecular weight is 108 g/mol. The van der Waals surface area contributed by atoms with Crippen molar-refractivity contribution in [3.05, 3.63) is 0 Å². The van der Waals surface area contributed by atoms with Crippen LogP contribution in [0.3, 0.4) is 0 Å². The van der Waals surface area contributed by atoms with E-state index < -0.39 is 0 Å². The maximum atomic E-state index is 6.97. The molecule has 2 nitrogen and oxygen atoms in total. The van der Waals surface area contributed by atoms with Crippen molar-refractivity contribution < 1.29 is 22.3 Å². The Kier molecular flexibility index (Phi) is 27.2. The van der Waals surface area contributed by atoms with E-state index in [4.69, 9.17) is 5.21 Å². The van der Waals surface area contributed by atoms with Crippen LogP contribution in [0.4, 0.5) is 0 Å². The van der Waals surface area contributed by atoms with Gasteiger partial charge in [-0.2, -0.15) is 0 Å². The Labute approximate surface area is 35.0 Å². The minimum Gasteiger partial charge on any atom is -0.448 e. The summed E-state index contributed by atoms with van der Waals surface area (Å²) >= 11 is 0. The van der Waals surface area contributed by atoms with E-state index >= 15 is 0 Å². The molecule has 0 fully saturated rings. The molecular weight excluding hydrogens is 106 g/mol. The largest absolute Gasteiger partial charge is 1.00 e. The van der Waals surface area contributed by atoms with Crippen molar-refractivity contribution >= 4 is 6.72 Å². The first-order chi connectivity index (χ1) is 1.41. The molecule has 0 atom stereocenters. The second-order valence-electron chi connectivity index (χ2n) is 0.115. The summed E-state index contributed by atoms with van der Waals surface area (Å²) in [6, 6.07) is 0. The first-order valence-corrected chi connectivity index (χ1v) is 0.458. The van der Waals surface area contributed by atoms with Crippen LogP contribution in [0, 0.1) is 0 Å². The maximum absolute atomic E-state index is 6.97.